The van der Waals surface area contributed by atoms with Crippen molar-refractivity contribution in [2.24, 2.45) is 0 Å². The summed E-state index contributed by atoms with van der Waals surface area (Å²) in [5.74, 6) is -0.161. The third-order valence-corrected chi connectivity index (χ3v) is 1.58. The van der Waals surface area contributed by atoms with Crippen molar-refractivity contribution in [2.45, 2.75) is 32.4 Å². The second-order valence-corrected chi connectivity index (χ2v) is 3.27. The van der Waals surface area contributed by atoms with Gasteiger partial charge in [-0.15, -0.1) is 0 Å². The van der Waals surface area contributed by atoms with Crippen LogP contribution in [0, 0.1) is 0 Å². The number of carbonyl (C=O) groups is 1. The molecule has 10 heavy (non-hydrogen) atoms. The summed E-state index contributed by atoms with van der Waals surface area (Å²) in [4.78, 5) is 11.0. The Morgan fingerprint density at radius 3 is 2.70 bits per heavy atom. The number of hydrogen-bond donors (Lipinski definition) is 1. The minimum atomic E-state index is -0.502. The molecule has 1 fully saturated rings. The lowest BCUT2D eigenvalue weighted by molar-refractivity contribution is -0.156. The number of cyclic esters (lactones) is 1. The van der Waals surface area contributed by atoms with E-state index in [9.17, 15) is 4.79 Å². The molecule has 1 unspecified atom stereocenters. The highest BCUT2D eigenvalue weighted by Crippen LogP contribution is 2.11. The smallest absolute Gasteiger partial charge is 0.325 e. The molecule has 58 valence electrons. The summed E-state index contributed by atoms with van der Waals surface area (Å²) >= 11 is 0. The third kappa shape index (κ3) is 1.29. The molecule has 1 aliphatic heterocycles. The van der Waals surface area contributed by atoms with Crippen molar-refractivity contribution in [1.29, 1.82) is 0 Å². The highest BCUT2D eigenvalue weighted by molar-refractivity contribution is 5.80. The summed E-state index contributed by atoms with van der Waals surface area (Å²) in [6, 6.07) is 0.271. The zero-order valence-electron chi connectivity index (χ0n) is 6.60. The first-order valence-electron chi connectivity index (χ1n) is 3.47. The predicted octanol–water partition coefficient (Wildman–Crippen LogP) is 0.300. The molecule has 0 spiro atoms. The number of morpholine rings is 1. The van der Waals surface area contributed by atoms with Crippen LogP contribution in [0.1, 0.15) is 20.8 Å². The summed E-state index contributed by atoms with van der Waals surface area (Å²) in [5.41, 5.74) is -0.502. The molecule has 0 saturated carbocycles. The van der Waals surface area contributed by atoms with E-state index >= 15 is 0 Å². The van der Waals surface area contributed by atoms with Crippen molar-refractivity contribution in [3.63, 3.8) is 0 Å². The van der Waals surface area contributed by atoms with E-state index in [1.807, 2.05) is 20.8 Å². The molecule has 1 saturated heterocycles. The number of nitrogens with one attached hydrogen (secondary N) is 1. The Morgan fingerprint density at radius 1 is 1.70 bits per heavy atom. The van der Waals surface area contributed by atoms with Gasteiger partial charge in [0.1, 0.15) is 12.1 Å². The molecule has 1 N–H and O–H groups in total. The first kappa shape index (κ1) is 7.54. The summed E-state index contributed by atoms with van der Waals surface area (Å²) in [7, 11) is 0. The van der Waals surface area contributed by atoms with E-state index in [-0.39, 0.29) is 12.0 Å². The molecule has 1 rings (SSSR count). The summed E-state index contributed by atoms with van der Waals surface area (Å²) in [6.07, 6.45) is 0. The van der Waals surface area contributed by atoms with Gasteiger partial charge < -0.3 is 4.74 Å². The lowest BCUT2D eigenvalue weighted by Crippen LogP contribution is -2.57. The topological polar surface area (TPSA) is 38.3 Å². The van der Waals surface area contributed by atoms with E-state index in [0.29, 0.717) is 6.61 Å². The van der Waals surface area contributed by atoms with Gasteiger partial charge in [0, 0.05) is 6.04 Å². The quantitative estimate of drug-likeness (QED) is 0.496. The Kier molecular flexibility index (Phi) is 1.68. The van der Waals surface area contributed by atoms with E-state index in [1.54, 1.807) is 0 Å². The van der Waals surface area contributed by atoms with Gasteiger partial charge in [0.25, 0.3) is 0 Å². The Balaban J connectivity index is 2.63. The largest absolute Gasteiger partial charge is 0.463 e. The van der Waals surface area contributed by atoms with Gasteiger partial charge in [-0.25, -0.2) is 0 Å². The fraction of sp³-hybridized carbons (Fsp3) is 0.857. The molecule has 0 aliphatic carbocycles. The van der Waals surface area contributed by atoms with Crippen LogP contribution in [0.25, 0.3) is 0 Å². The average Bonchev–Trinajstić information content (AvgIpc) is 1.78. The van der Waals surface area contributed by atoms with Crippen molar-refractivity contribution >= 4 is 5.97 Å². The van der Waals surface area contributed by atoms with Crippen LogP contribution in [-0.2, 0) is 9.53 Å². The fourth-order valence-electron chi connectivity index (χ4n) is 1.10. The van der Waals surface area contributed by atoms with Gasteiger partial charge in [0.15, 0.2) is 0 Å². The molecule has 0 bridgehead atoms. The molecular weight excluding hydrogens is 130 g/mol. The van der Waals surface area contributed by atoms with Crippen LogP contribution < -0.4 is 5.32 Å². The number of rotatable bonds is 0. The fourth-order valence-corrected chi connectivity index (χ4v) is 1.10. The van der Waals surface area contributed by atoms with Gasteiger partial charge in [-0.05, 0) is 20.8 Å². The van der Waals surface area contributed by atoms with Crippen molar-refractivity contribution in [3.8, 4) is 0 Å². The number of ether oxygens (including phenoxy) is 1. The van der Waals surface area contributed by atoms with E-state index < -0.39 is 5.54 Å². The molecule has 0 aromatic rings. The minimum Gasteiger partial charge on any atom is -0.463 e. The van der Waals surface area contributed by atoms with Gasteiger partial charge in [0.2, 0.25) is 0 Å². The maximum absolute atomic E-state index is 11.0. The van der Waals surface area contributed by atoms with Gasteiger partial charge in [-0.2, -0.15) is 0 Å². The van der Waals surface area contributed by atoms with Crippen molar-refractivity contribution in [2.75, 3.05) is 6.61 Å². The normalized spacial score (nSPS) is 31.5. The van der Waals surface area contributed by atoms with Crippen LogP contribution in [0.2, 0.25) is 0 Å². The van der Waals surface area contributed by atoms with Crippen LogP contribution in [0.4, 0.5) is 0 Å². The second-order valence-electron chi connectivity index (χ2n) is 3.27. The molecule has 0 aromatic heterocycles. The van der Waals surface area contributed by atoms with E-state index in [1.165, 1.54) is 0 Å². The maximum Gasteiger partial charge on any atom is 0.325 e. The first-order chi connectivity index (χ1) is 4.52. The van der Waals surface area contributed by atoms with Gasteiger partial charge in [-0.3, -0.25) is 10.1 Å². The highest BCUT2D eigenvalue weighted by Gasteiger charge is 2.34. The second kappa shape index (κ2) is 2.23. The third-order valence-electron chi connectivity index (χ3n) is 1.58. The molecule has 1 aliphatic rings. The summed E-state index contributed by atoms with van der Waals surface area (Å²) in [6.45, 7) is 6.13. The Hall–Kier alpha value is -0.570. The Morgan fingerprint density at radius 2 is 2.30 bits per heavy atom. The summed E-state index contributed by atoms with van der Waals surface area (Å²) < 4.78 is 4.90. The summed E-state index contributed by atoms with van der Waals surface area (Å²) in [5, 5.41) is 3.13. The van der Waals surface area contributed by atoms with Crippen molar-refractivity contribution in [3.05, 3.63) is 0 Å². The minimum absolute atomic E-state index is 0.161. The molecule has 1 atom stereocenters. The SMILES string of the molecule is CC1COC(=O)C(C)(C)N1. The van der Waals surface area contributed by atoms with Gasteiger partial charge >= 0.3 is 5.97 Å². The number of hydrogen-bond acceptors (Lipinski definition) is 3. The van der Waals surface area contributed by atoms with Crippen LogP contribution in [-0.4, -0.2) is 24.2 Å². The molecule has 3 heteroatoms. The molecule has 3 nitrogen and oxygen atoms in total. The van der Waals surface area contributed by atoms with Crippen molar-refractivity contribution in [1.82, 2.24) is 5.32 Å². The Bertz CT molecular complexity index is 154. The van der Waals surface area contributed by atoms with E-state index in [2.05, 4.69) is 5.32 Å². The number of esters is 1. The lowest BCUT2D eigenvalue weighted by atomic mass is 10.0. The first-order valence-corrected chi connectivity index (χ1v) is 3.47. The monoisotopic (exact) mass is 143 g/mol. The zero-order valence-corrected chi connectivity index (χ0v) is 6.60. The predicted molar refractivity (Wildman–Crippen MR) is 37.6 cm³/mol. The molecule has 0 amide bonds. The van der Waals surface area contributed by atoms with Gasteiger partial charge in [-0.1, -0.05) is 0 Å². The van der Waals surface area contributed by atoms with Crippen LogP contribution >= 0.6 is 0 Å². The molecule has 0 aromatic carbocycles. The van der Waals surface area contributed by atoms with E-state index in [0.717, 1.165) is 0 Å². The standard InChI is InChI=1S/C7H13NO2/c1-5-4-10-6(9)7(2,3)8-5/h5,8H,4H2,1-3H3. The van der Waals surface area contributed by atoms with Gasteiger partial charge in [0.05, 0.1) is 0 Å². The Labute approximate surface area is 60.7 Å². The average molecular weight is 143 g/mol. The van der Waals surface area contributed by atoms with Crippen LogP contribution in [0.3, 0.4) is 0 Å². The maximum atomic E-state index is 11.0. The number of carbonyl (C=O) groups excluding carboxylic acids is 1. The highest BCUT2D eigenvalue weighted by atomic mass is 16.5. The lowest BCUT2D eigenvalue weighted by Gasteiger charge is -2.33. The van der Waals surface area contributed by atoms with E-state index in [4.69, 9.17) is 4.74 Å². The van der Waals surface area contributed by atoms with Crippen molar-refractivity contribution < 1.29 is 9.53 Å². The molecule has 0 radical (unpaired) electrons. The van der Waals surface area contributed by atoms with Crippen LogP contribution in [0.5, 0.6) is 0 Å². The zero-order chi connectivity index (χ0) is 7.78. The molecular formula is C7H13NO2. The van der Waals surface area contributed by atoms with Crippen LogP contribution in [0.15, 0.2) is 0 Å². The molecule has 1 heterocycles.